The molecule has 0 bridgehead atoms. The molecule has 0 aliphatic carbocycles. The molecule has 1 aliphatic rings. The Labute approximate surface area is 401 Å². The number of hydrogen-bond donors (Lipinski definition) is 4. The van der Waals surface area contributed by atoms with Crippen molar-refractivity contribution in [2.45, 2.75) is 314 Å². The van der Waals surface area contributed by atoms with Gasteiger partial charge in [-0.3, -0.25) is 4.79 Å². The third-order valence-corrected chi connectivity index (χ3v) is 13.4. The van der Waals surface area contributed by atoms with Gasteiger partial charge >= 0.3 is 5.97 Å². The third-order valence-electron chi connectivity index (χ3n) is 13.4. The van der Waals surface area contributed by atoms with Gasteiger partial charge in [0.2, 0.25) is 0 Å². The second-order valence-electron chi connectivity index (χ2n) is 19.7. The molecule has 9 heteroatoms. The van der Waals surface area contributed by atoms with Crippen molar-refractivity contribution in [1.82, 2.24) is 0 Å². The van der Waals surface area contributed by atoms with E-state index in [1.54, 1.807) is 0 Å². The van der Waals surface area contributed by atoms with Gasteiger partial charge in [-0.1, -0.05) is 244 Å². The summed E-state index contributed by atoms with van der Waals surface area (Å²) in [4.78, 5) is 12.8. The molecule has 1 aliphatic heterocycles. The van der Waals surface area contributed by atoms with E-state index in [-0.39, 0.29) is 19.2 Å². The molecule has 0 aromatic heterocycles. The minimum Gasteiger partial charge on any atom is -0.457 e. The van der Waals surface area contributed by atoms with E-state index in [9.17, 15) is 25.2 Å². The van der Waals surface area contributed by atoms with Crippen LogP contribution >= 0.6 is 0 Å². The smallest absolute Gasteiger partial charge is 0.306 e. The van der Waals surface area contributed by atoms with Crippen molar-refractivity contribution in [3.05, 3.63) is 12.2 Å². The van der Waals surface area contributed by atoms with Gasteiger partial charge in [0.15, 0.2) is 6.29 Å². The lowest BCUT2D eigenvalue weighted by Gasteiger charge is -2.39. The van der Waals surface area contributed by atoms with Gasteiger partial charge in [-0.2, -0.15) is 0 Å². The van der Waals surface area contributed by atoms with Crippen molar-refractivity contribution in [2.75, 3.05) is 26.4 Å². The highest BCUT2D eigenvalue weighted by Gasteiger charge is 2.44. The fraction of sp³-hybridized carbons (Fsp3) is 0.946. The average molecular weight is 925 g/mol. The molecule has 65 heavy (non-hydrogen) atoms. The summed E-state index contributed by atoms with van der Waals surface area (Å²) in [7, 11) is 0. The summed E-state index contributed by atoms with van der Waals surface area (Å²) in [6.07, 6.45) is 49.8. The Morgan fingerprint density at radius 1 is 0.477 bits per heavy atom. The van der Waals surface area contributed by atoms with Crippen LogP contribution in [-0.2, 0) is 23.7 Å². The van der Waals surface area contributed by atoms with Crippen molar-refractivity contribution in [3.8, 4) is 0 Å². The average Bonchev–Trinajstić information content (AvgIpc) is 3.31. The van der Waals surface area contributed by atoms with Gasteiger partial charge in [0.05, 0.1) is 19.8 Å². The Balaban J connectivity index is 2.13. The topological polar surface area (TPSA) is 135 Å². The molecule has 6 unspecified atom stereocenters. The molecular formula is C56H108O9. The van der Waals surface area contributed by atoms with Crippen molar-refractivity contribution >= 4 is 5.97 Å². The summed E-state index contributed by atoms with van der Waals surface area (Å²) in [5.41, 5.74) is 0. The number of carbonyl (C=O) groups is 1. The Hall–Kier alpha value is -1.07. The minimum absolute atomic E-state index is 0.109. The summed E-state index contributed by atoms with van der Waals surface area (Å²) < 4.78 is 23.0. The summed E-state index contributed by atoms with van der Waals surface area (Å²) >= 11 is 0. The maximum Gasteiger partial charge on any atom is 0.306 e. The summed E-state index contributed by atoms with van der Waals surface area (Å²) in [5, 5.41) is 40.3. The van der Waals surface area contributed by atoms with Gasteiger partial charge in [0, 0.05) is 13.0 Å². The van der Waals surface area contributed by atoms with E-state index in [4.69, 9.17) is 18.9 Å². The monoisotopic (exact) mass is 925 g/mol. The lowest BCUT2D eigenvalue weighted by atomic mass is 9.99. The SMILES string of the molecule is CCCCCCCC/C=C\CCCCCCCCCC(=O)OC(COCCCCCCCCCCCCCCCCCCCCCCCCCCC)COC1OC(CO)C(O)C(O)C1O. The highest BCUT2D eigenvalue weighted by atomic mass is 16.7. The van der Waals surface area contributed by atoms with Crippen LogP contribution in [0.5, 0.6) is 0 Å². The normalized spacial score (nSPS) is 19.4. The number of hydrogen-bond acceptors (Lipinski definition) is 9. The molecule has 9 nitrogen and oxygen atoms in total. The standard InChI is InChI=1S/C56H108O9/c1-3-5-7-9-11-13-15-17-19-21-22-23-24-25-26-27-28-30-32-34-36-38-40-42-44-46-62-48-50(49-63-56-55(61)54(60)53(59)51(47-57)65-56)64-52(58)45-43-41-39-37-35-33-31-29-20-18-16-14-12-10-8-6-4-2/h18,20,50-51,53-57,59-61H,3-17,19,21-49H2,1-2H3/b20-18-. The zero-order chi connectivity index (χ0) is 47.1. The van der Waals surface area contributed by atoms with E-state index in [1.807, 2.05) is 0 Å². The molecule has 0 aromatic rings. The third kappa shape index (κ3) is 38.5. The minimum atomic E-state index is -1.53. The van der Waals surface area contributed by atoms with Crippen LogP contribution in [0.4, 0.5) is 0 Å². The first-order valence-electron chi connectivity index (χ1n) is 28.3. The van der Waals surface area contributed by atoms with Gasteiger partial charge < -0.3 is 39.4 Å². The van der Waals surface area contributed by atoms with E-state index in [0.29, 0.717) is 13.0 Å². The quantitative estimate of drug-likeness (QED) is 0.0267. The largest absolute Gasteiger partial charge is 0.457 e. The maximum absolute atomic E-state index is 12.8. The van der Waals surface area contributed by atoms with Crippen LogP contribution in [0, 0.1) is 0 Å². The predicted octanol–water partition coefficient (Wildman–Crippen LogP) is 14.3. The Kier molecular flexibility index (Phi) is 45.7. The summed E-state index contributed by atoms with van der Waals surface area (Å²) in [5.74, 6) is -0.311. The van der Waals surface area contributed by atoms with Crippen LogP contribution in [0.15, 0.2) is 12.2 Å². The van der Waals surface area contributed by atoms with Crippen LogP contribution in [-0.4, -0.2) is 89.6 Å². The highest BCUT2D eigenvalue weighted by molar-refractivity contribution is 5.69. The number of ether oxygens (including phenoxy) is 4. The summed E-state index contributed by atoms with van der Waals surface area (Å²) in [6.45, 7) is 4.61. The van der Waals surface area contributed by atoms with Crippen molar-refractivity contribution in [2.24, 2.45) is 0 Å². The van der Waals surface area contributed by atoms with Crippen LogP contribution in [0.1, 0.15) is 277 Å². The van der Waals surface area contributed by atoms with Crippen molar-refractivity contribution in [1.29, 1.82) is 0 Å². The fourth-order valence-corrected chi connectivity index (χ4v) is 9.02. The zero-order valence-corrected chi connectivity index (χ0v) is 42.8. The molecular weight excluding hydrogens is 817 g/mol. The second kappa shape index (κ2) is 48.0. The van der Waals surface area contributed by atoms with Crippen LogP contribution in [0.2, 0.25) is 0 Å². The van der Waals surface area contributed by atoms with Gasteiger partial charge in [-0.15, -0.1) is 0 Å². The van der Waals surface area contributed by atoms with E-state index in [2.05, 4.69) is 26.0 Å². The first-order chi connectivity index (χ1) is 31.9. The second-order valence-corrected chi connectivity index (χ2v) is 19.7. The molecule has 386 valence electrons. The van der Waals surface area contributed by atoms with E-state index in [0.717, 1.165) is 32.1 Å². The van der Waals surface area contributed by atoms with Crippen molar-refractivity contribution in [3.63, 3.8) is 0 Å². The van der Waals surface area contributed by atoms with E-state index < -0.39 is 43.4 Å². The molecule has 0 radical (unpaired) electrons. The van der Waals surface area contributed by atoms with Gasteiger partial charge in [0.25, 0.3) is 0 Å². The molecule has 1 saturated heterocycles. The number of unbranched alkanes of at least 4 members (excludes halogenated alkanes) is 37. The summed E-state index contributed by atoms with van der Waals surface area (Å²) in [6, 6.07) is 0. The Morgan fingerprint density at radius 2 is 0.846 bits per heavy atom. The molecule has 1 heterocycles. The van der Waals surface area contributed by atoms with Gasteiger partial charge in [-0.05, 0) is 38.5 Å². The van der Waals surface area contributed by atoms with Crippen LogP contribution in [0.25, 0.3) is 0 Å². The van der Waals surface area contributed by atoms with Gasteiger partial charge in [0.1, 0.15) is 30.5 Å². The predicted molar refractivity (Wildman–Crippen MR) is 270 cm³/mol. The molecule has 0 spiro atoms. The molecule has 0 saturated carbocycles. The van der Waals surface area contributed by atoms with Gasteiger partial charge in [-0.25, -0.2) is 0 Å². The lowest BCUT2D eigenvalue weighted by Crippen LogP contribution is -2.59. The molecule has 4 N–H and O–H groups in total. The molecule has 6 atom stereocenters. The Bertz CT molecular complexity index is 1010. The number of esters is 1. The highest BCUT2D eigenvalue weighted by Crippen LogP contribution is 2.23. The lowest BCUT2D eigenvalue weighted by molar-refractivity contribution is -0.305. The van der Waals surface area contributed by atoms with E-state index >= 15 is 0 Å². The number of carbonyl (C=O) groups excluding carboxylic acids is 1. The van der Waals surface area contributed by atoms with E-state index in [1.165, 1.54) is 225 Å². The molecule has 0 aromatic carbocycles. The molecule has 0 amide bonds. The van der Waals surface area contributed by atoms with Crippen LogP contribution < -0.4 is 0 Å². The number of allylic oxidation sites excluding steroid dienone is 2. The first kappa shape index (κ1) is 61.9. The number of aliphatic hydroxyl groups is 4. The number of aliphatic hydroxyl groups excluding tert-OH is 4. The molecule has 1 fully saturated rings. The Morgan fingerprint density at radius 3 is 1.25 bits per heavy atom. The maximum atomic E-state index is 12.8. The molecule has 1 rings (SSSR count). The van der Waals surface area contributed by atoms with Crippen molar-refractivity contribution < 1.29 is 44.2 Å². The van der Waals surface area contributed by atoms with Crippen LogP contribution in [0.3, 0.4) is 0 Å². The zero-order valence-electron chi connectivity index (χ0n) is 42.8. The number of rotatable bonds is 50. The first-order valence-corrected chi connectivity index (χ1v) is 28.3. The fourth-order valence-electron chi connectivity index (χ4n) is 9.02.